The van der Waals surface area contributed by atoms with E-state index in [2.05, 4.69) is 57.1 Å². The summed E-state index contributed by atoms with van der Waals surface area (Å²) >= 11 is 0. The molecule has 1 aliphatic rings. The van der Waals surface area contributed by atoms with Gasteiger partial charge in [-0.2, -0.15) is 0 Å². The number of nitrogens with zero attached hydrogens (tertiary/aromatic N) is 4. The van der Waals surface area contributed by atoms with Crippen molar-refractivity contribution in [2.45, 2.75) is 12.8 Å². The molecule has 2 aromatic heterocycles. The van der Waals surface area contributed by atoms with Crippen LogP contribution in [0.15, 0.2) is 60.8 Å². The Morgan fingerprint density at radius 3 is 2.61 bits per heavy atom. The van der Waals surface area contributed by atoms with Crippen LogP contribution in [0.1, 0.15) is 11.4 Å². The number of hydrogen-bond acceptors (Lipinski definition) is 4. The summed E-state index contributed by atoms with van der Waals surface area (Å²) in [5.74, 6) is 1.76. The number of rotatable bonds is 5. The number of H-pyrrole nitrogens is 1. The third-order valence-corrected chi connectivity index (χ3v) is 5.98. The van der Waals surface area contributed by atoms with E-state index in [-0.39, 0.29) is 5.82 Å². The van der Waals surface area contributed by atoms with Crippen LogP contribution in [0.5, 0.6) is 0 Å². The number of likely N-dealkylation sites (N-methyl/N-ethyl adjacent to an activating group) is 1. The maximum Gasteiger partial charge on any atom is 0.129 e. The van der Waals surface area contributed by atoms with Gasteiger partial charge < -0.3 is 14.8 Å². The van der Waals surface area contributed by atoms with Crippen LogP contribution in [-0.4, -0.2) is 53.1 Å². The molecule has 0 spiro atoms. The van der Waals surface area contributed by atoms with Gasteiger partial charge in [-0.05, 0) is 66.6 Å². The molecule has 4 aromatic rings. The van der Waals surface area contributed by atoms with Gasteiger partial charge in [0, 0.05) is 38.8 Å². The van der Waals surface area contributed by atoms with Crippen molar-refractivity contribution in [2.75, 3.05) is 38.1 Å². The molecule has 0 saturated carbocycles. The minimum atomic E-state index is -0.194. The van der Waals surface area contributed by atoms with Gasteiger partial charge in [-0.3, -0.25) is 0 Å². The number of nitrogens with one attached hydrogen (secondary N) is 1. The molecule has 0 amide bonds. The lowest BCUT2D eigenvalue weighted by Gasteiger charge is -2.33. The smallest absolute Gasteiger partial charge is 0.129 e. The summed E-state index contributed by atoms with van der Waals surface area (Å²) in [5.41, 5.74) is 5.25. The molecule has 2 aromatic carbocycles. The molecule has 0 atom stereocenters. The lowest BCUT2D eigenvalue weighted by molar-refractivity contribution is 0.312. The van der Waals surface area contributed by atoms with Gasteiger partial charge in [0.2, 0.25) is 0 Å². The quantitative estimate of drug-likeness (QED) is 0.528. The fourth-order valence-electron chi connectivity index (χ4n) is 4.12. The van der Waals surface area contributed by atoms with E-state index in [1.807, 2.05) is 12.3 Å². The van der Waals surface area contributed by atoms with Crippen molar-refractivity contribution in [3.8, 4) is 11.1 Å². The highest BCUT2D eigenvalue weighted by molar-refractivity contribution is 5.82. The number of aryl methyl sites for hydroxylation is 2. The minimum Gasteiger partial charge on any atom is -0.354 e. The predicted molar refractivity (Wildman–Crippen MR) is 123 cm³/mol. The molecule has 0 radical (unpaired) electrons. The summed E-state index contributed by atoms with van der Waals surface area (Å²) in [6, 6.07) is 17.3. The number of anilines is 1. The average molecular weight is 416 g/mol. The maximum atomic E-state index is 13.4. The van der Waals surface area contributed by atoms with Gasteiger partial charge in [0.05, 0.1) is 11.0 Å². The van der Waals surface area contributed by atoms with E-state index in [1.54, 1.807) is 12.1 Å². The highest BCUT2D eigenvalue weighted by Gasteiger charge is 2.16. The van der Waals surface area contributed by atoms with Crippen LogP contribution < -0.4 is 4.90 Å². The zero-order valence-corrected chi connectivity index (χ0v) is 17.7. The number of benzene rings is 2. The Kier molecular flexibility index (Phi) is 5.38. The topological polar surface area (TPSA) is 48.0 Å². The molecule has 158 valence electrons. The molecule has 0 unspecified atom stereocenters. The summed E-state index contributed by atoms with van der Waals surface area (Å²) < 4.78 is 13.4. The van der Waals surface area contributed by atoms with Crippen molar-refractivity contribution in [3.05, 3.63) is 78.0 Å². The predicted octanol–water partition coefficient (Wildman–Crippen LogP) is 4.30. The fourth-order valence-corrected chi connectivity index (χ4v) is 4.12. The van der Waals surface area contributed by atoms with Gasteiger partial charge in [-0.15, -0.1) is 0 Å². The fraction of sp³-hybridized carbons (Fsp3) is 0.280. The minimum absolute atomic E-state index is 0.194. The van der Waals surface area contributed by atoms with Crippen molar-refractivity contribution < 1.29 is 4.39 Å². The number of aromatic nitrogens is 3. The van der Waals surface area contributed by atoms with E-state index in [4.69, 9.17) is 4.98 Å². The van der Waals surface area contributed by atoms with E-state index >= 15 is 0 Å². The van der Waals surface area contributed by atoms with Crippen molar-refractivity contribution in [1.29, 1.82) is 0 Å². The van der Waals surface area contributed by atoms with Gasteiger partial charge in [-0.1, -0.05) is 18.2 Å². The molecule has 5 nitrogen and oxygen atoms in total. The molecule has 31 heavy (non-hydrogen) atoms. The van der Waals surface area contributed by atoms with E-state index < -0.39 is 0 Å². The number of imidazole rings is 1. The molecule has 1 N–H and O–H groups in total. The Balaban J connectivity index is 1.34. The molecule has 3 heterocycles. The monoisotopic (exact) mass is 415 g/mol. The van der Waals surface area contributed by atoms with Crippen LogP contribution in [0.25, 0.3) is 22.2 Å². The van der Waals surface area contributed by atoms with E-state index in [0.717, 1.165) is 78.4 Å². The second-order valence-electron chi connectivity index (χ2n) is 8.24. The number of piperazine rings is 1. The highest BCUT2D eigenvalue weighted by Crippen LogP contribution is 2.26. The lowest BCUT2D eigenvalue weighted by atomic mass is 10.1. The van der Waals surface area contributed by atoms with Crippen LogP contribution in [0.3, 0.4) is 0 Å². The van der Waals surface area contributed by atoms with Gasteiger partial charge >= 0.3 is 0 Å². The summed E-state index contributed by atoms with van der Waals surface area (Å²) in [5, 5.41) is 0. The maximum absolute atomic E-state index is 13.4. The first-order valence-electron chi connectivity index (χ1n) is 10.8. The molecule has 0 aliphatic carbocycles. The first-order chi connectivity index (χ1) is 15.1. The molecule has 1 saturated heterocycles. The standard InChI is InChI=1S/C25H26FN5/c1-30-11-13-31(14-12-30)25-17-20(9-10-27-25)19-6-7-22-23(16-19)29-24(28-22)8-5-18-3-2-4-21(26)15-18/h2-4,6-7,9-10,15-17H,5,8,11-14H2,1H3,(H,28,29). The molecule has 6 heteroatoms. The largest absolute Gasteiger partial charge is 0.354 e. The highest BCUT2D eigenvalue weighted by atomic mass is 19.1. The first-order valence-corrected chi connectivity index (χ1v) is 10.8. The van der Waals surface area contributed by atoms with Gasteiger partial charge in [0.1, 0.15) is 17.5 Å². The number of pyridine rings is 1. The summed E-state index contributed by atoms with van der Waals surface area (Å²) in [6.45, 7) is 4.12. The zero-order valence-electron chi connectivity index (χ0n) is 17.7. The Morgan fingerprint density at radius 2 is 1.77 bits per heavy atom. The van der Waals surface area contributed by atoms with Crippen LogP contribution in [0.4, 0.5) is 10.2 Å². The third kappa shape index (κ3) is 4.44. The Labute approximate surface area is 181 Å². The molecule has 1 fully saturated rings. The van der Waals surface area contributed by atoms with Crippen LogP contribution in [0, 0.1) is 5.82 Å². The van der Waals surface area contributed by atoms with Gasteiger partial charge in [0.15, 0.2) is 0 Å². The van der Waals surface area contributed by atoms with Gasteiger partial charge in [0.25, 0.3) is 0 Å². The van der Waals surface area contributed by atoms with E-state index in [0.29, 0.717) is 0 Å². The molecular weight excluding hydrogens is 389 g/mol. The molecule has 1 aliphatic heterocycles. The first kappa shape index (κ1) is 19.7. The SMILES string of the molecule is CN1CCN(c2cc(-c3ccc4nc(CCc5cccc(F)c5)[nH]c4c3)ccn2)CC1. The van der Waals surface area contributed by atoms with Crippen LogP contribution in [-0.2, 0) is 12.8 Å². The van der Waals surface area contributed by atoms with Crippen molar-refractivity contribution in [1.82, 2.24) is 19.9 Å². The lowest BCUT2D eigenvalue weighted by Crippen LogP contribution is -2.44. The van der Waals surface area contributed by atoms with Crippen molar-refractivity contribution in [2.24, 2.45) is 0 Å². The Morgan fingerprint density at radius 1 is 0.935 bits per heavy atom. The average Bonchev–Trinajstić information content (AvgIpc) is 3.21. The summed E-state index contributed by atoms with van der Waals surface area (Å²) in [6.07, 6.45) is 3.39. The normalized spacial score (nSPS) is 15.0. The Hall–Kier alpha value is -3.25. The van der Waals surface area contributed by atoms with Crippen LogP contribution in [0.2, 0.25) is 0 Å². The summed E-state index contributed by atoms with van der Waals surface area (Å²) in [7, 11) is 2.16. The third-order valence-electron chi connectivity index (χ3n) is 5.98. The number of hydrogen-bond donors (Lipinski definition) is 1. The number of fused-ring (bicyclic) bond motifs is 1. The molecule has 5 rings (SSSR count). The van der Waals surface area contributed by atoms with Crippen molar-refractivity contribution >= 4 is 16.9 Å². The number of aromatic amines is 1. The van der Waals surface area contributed by atoms with Gasteiger partial charge in [-0.25, -0.2) is 14.4 Å². The van der Waals surface area contributed by atoms with E-state index in [1.165, 1.54) is 6.07 Å². The zero-order chi connectivity index (χ0) is 21.2. The van der Waals surface area contributed by atoms with E-state index in [9.17, 15) is 4.39 Å². The van der Waals surface area contributed by atoms with Crippen molar-refractivity contribution in [3.63, 3.8) is 0 Å². The second-order valence-corrected chi connectivity index (χ2v) is 8.24. The Bertz CT molecular complexity index is 1190. The number of halogens is 1. The molecule has 0 bridgehead atoms. The van der Waals surface area contributed by atoms with Crippen LogP contribution >= 0.6 is 0 Å². The summed E-state index contributed by atoms with van der Waals surface area (Å²) in [4.78, 5) is 17.4. The second kappa shape index (κ2) is 8.47. The molecular formula is C25H26FN5.